The monoisotopic (exact) mass is 394 g/mol. The molecule has 6 heteroatoms. The molecule has 1 aliphatic rings. The molecule has 152 valence electrons. The molecule has 1 aliphatic carbocycles. The molecule has 2 amide bonds. The van der Waals surface area contributed by atoms with Gasteiger partial charge in [-0.1, -0.05) is 24.3 Å². The van der Waals surface area contributed by atoms with E-state index in [-0.39, 0.29) is 17.9 Å². The lowest BCUT2D eigenvalue weighted by molar-refractivity contribution is -0.127. The molecule has 1 N–H and O–H groups in total. The van der Waals surface area contributed by atoms with Gasteiger partial charge in [-0.05, 0) is 42.7 Å². The SMILES string of the molecule is CNC(=O)c1ccc(CN(C(=O)/C=C/c2cccc(OC)c2OC)C2CC2)cc1. The van der Waals surface area contributed by atoms with Crippen LogP contribution in [0.3, 0.4) is 0 Å². The van der Waals surface area contributed by atoms with E-state index < -0.39 is 0 Å². The summed E-state index contributed by atoms with van der Waals surface area (Å²) >= 11 is 0. The Balaban J connectivity index is 1.74. The van der Waals surface area contributed by atoms with Crippen LogP contribution in [-0.2, 0) is 11.3 Å². The number of carbonyl (C=O) groups excluding carboxylic acids is 2. The maximum atomic E-state index is 12.9. The summed E-state index contributed by atoms with van der Waals surface area (Å²) in [5.41, 5.74) is 2.38. The standard InChI is InChI=1S/C23H26N2O4/c1-24-23(27)18-9-7-16(8-10-18)15-25(19-12-13-19)21(26)14-11-17-5-4-6-20(28-2)22(17)29-3/h4-11,14,19H,12-13,15H2,1-3H3,(H,24,27)/b14-11+. The molecule has 0 unspecified atom stereocenters. The maximum Gasteiger partial charge on any atom is 0.251 e. The van der Waals surface area contributed by atoms with E-state index in [2.05, 4.69) is 5.32 Å². The van der Waals surface area contributed by atoms with E-state index in [1.165, 1.54) is 0 Å². The predicted octanol–water partition coefficient (Wildman–Crippen LogP) is 3.27. The average molecular weight is 394 g/mol. The highest BCUT2D eigenvalue weighted by Crippen LogP contribution is 2.32. The van der Waals surface area contributed by atoms with Crippen LogP contribution in [-0.4, -0.2) is 44.0 Å². The quantitative estimate of drug-likeness (QED) is 0.698. The summed E-state index contributed by atoms with van der Waals surface area (Å²) in [6, 6.07) is 13.2. The van der Waals surface area contributed by atoms with E-state index in [1.807, 2.05) is 35.2 Å². The number of nitrogens with one attached hydrogen (secondary N) is 1. The number of ether oxygens (including phenoxy) is 2. The second-order valence-corrected chi connectivity index (χ2v) is 6.89. The van der Waals surface area contributed by atoms with Crippen molar-refractivity contribution in [2.75, 3.05) is 21.3 Å². The van der Waals surface area contributed by atoms with Gasteiger partial charge in [-0.2, -0.15) is 0 Å². The third kappa shape index (κ3) is 4.96. The molecule has 0 heterocycles. The molecule has 29 heavy (non-hydrogen) atoms. The van der Waals surface area contributed by atoms with Crippen molar-refractivity contribution in [1.82, 2.24) is 10.2 Å². The Morgan fingerprint density at radius 2 is 1.83 bits per heavy atom. The van der Waals surface area contributed by atoms with Gasteiger partial charge < -0.3 is 19.7 Å². The smallest absolute Gasteiger partial charge is 0.251 e. The minimum absolute atomic E-state index is 0.0484. The third-order valence-electron chi connectivity index (χ3n) is 4.91. The molecule has 0 radical (unpaired) electrons. The minimum Gasteiger partial charge on any atom is -0.493 e. The normalized spacial score (nSPS) is 13.2. The largest absolute Gasteiger partial charge is 0.493 e. The zero-order chi connectivity index (χ0) is 20.8. The van der Waals surface area contributed by atoms with Crippen molar-refractivity contribution in [3.63, 3.8) is 0 Å². The number of benzene rings is 2. The fourth-order valence-corrected chi connectivity index (χ4v) is 3.18. The summed E-state index contributed by atoms with van der Waals surface area (Å²) in [5.74, 6) is 1.05. The Kier molecular flexibility index (Phi) is 6.54. The van der Waals surface area contributed by atoms with Crippen LogP contribution < -0.4 is 14.8 Å². The van der Waals surface area contributed by atoms with Crippen molar-refractivity contribution in [3.05, 3.63) is 65.2 Å². The third-order valence-corrected chi connectivity index (χ3v) is 4.91. The van der Waals surface area contributed by atoms with E-state index in [0.29, 0.717) is 23.6 Å². The van der Waals surface area contributed by atoms with Gasteiger partial charge in [-0.25, -0.2) is 0 Å². The Hall–Kier alpha value is -3.28. The van der Waals surface area contributed by atoms with Crippen LogP contribution >= 0.6 is 0 Å². The van der Waals surface area contributed by atoms with Crippen molar-refractivity contribution in [1.29, 1.82) is 0 Å². The second-order valence-electron chi connectivity index (χ2n) is 6.89. The van der Waals surface area contributed by atoms with E-state index in [4.69, 9.17) is 9.47 Å². The summed E-state index contributed by atoms with van der Waals surface area (Å²) in [5, 5.41) is 2.61. The first kappa shape index (κ1) is 20.5. The molecule has 1 fully saturated rings. The predicted molar refractivity (Wildman–Crippen MR) is 112 cm³/mol. The van der Waals surface area contributed by atoms with Gasteiger partial charge in [0.25, 0.3) is 5.91 Å². The first-order valence-electron chi connectivity index (χ1n) is 9.58. The molecule has 0 atom stereocenters. The minimum atomic E-state index is -0.123. The van der Waals surface area contributed by atoms with Crippen LogP contribution in [0.4, 0.5) is 0 Å². The highest BCUT2D eigenvalue weighted by molar-refractivity contribution is 5.94. The molecular weight excluding hydrogens is 368 g/mol. The number of carbonyl (C=O) groups is 2. The number of methoxy groups -OCH3 is 2. The van der Waals surface area contributed by atoms with Crippen LogP contribution in [0.5, 0.6) is 11.5 Å². The molecular formula is C23H26N2O4. The van der Waals surface area contributed by atoms with Crippen molar-refractivity contribution in [3.8, 4) is 11.5 Å². The highest BCUT2D eigenvalue weighted by Gasteiger charge is 2.31. The number of amides is 2. The molecule has 0 saturated heterocycles. The Bertz CT molecular complexity index is 902. The van der Waals surface area contributed by atoms with Gasteiger partial charge in [-0.15, -0.1) is 0 Å². The summed E-state index contributed by atoms with van der Waals surface area (Å²) < 4.78 is 10.7. The first-order valence-corrected chi connectivity index (χ1v) is 9.58. The van der Waals surface area contributed by atoms with Gasteiger partial charge in [0.2, 0.25) is 5.91 Å². The number of nitrogens with zero attached hydrogens (tertiary/aromatic N) is 1. The van der Waals surface area contributed by atoms with Crippen molar-refractivity contribution in [2.24, 2.45) is 0 Å². The van der Waals surface area contributed by atoms with Gasteiger partial charge in [0.1, 0.15) is 0 Å². The highest BCUT2D eigenvalue weighted by atomic mass is 16.5. The molecule has 0 aliphatic heterocycles. The Labute approximate surface area is 171 Å². The van der Waals surface area contributed by atoms with Crippen LogP contribution in [0.1, 0.15) is 34.3 Å². The van der Waals surface area contributed by atoms with Gasteiger partial charge >= 0.3 is 0 Å². The summed E-state index contributed by atoms with van der Waals surface area (Å²) in [6.07, 6.45) is 5.36. The Morgan fingerprint density at radius 3 is 2.41 bits per heavy atom. The molecule has 0 bridgehead atoms. The Morgan fingerprint density at radius 1 is 1.10 bits per heavy atom. The van der Waals surface area contributed by atoms with Gasteiger partial charge in [0, 0.05) is 36.8 Å². The van der Waals surface area contributed by atoms with Crippen molar-refractivity contribution < 1.29 is 19.1 Å². The van der Waals surface area contributed by atoms with E-state index in [1.54, 1.807) is 45.6 Å². The second kappa shape index (κ2) is 9.28. The fourth-order valence-electron chi connectivity index (χ4n) is 3.18. The maximum absolute atomic E-state index is 12.9. The van der Waals surface area contributed by atoms with Crippen LogP contribution in [0.25, 0.3) is 6.08 Å². The average Bonchev–Trinajstić information content (AvgIpc) is 3.60. The first-order chi connectivity index (χ1) is 14.1. The fraction of sp³-hybridized carbons (Fsp3) is 0.304. The molecule has 6 nitrogen and oxygen atoms in total. The van der Waals surface area contributed by atoms with Crippen LogP contribution in [0.2, 0.25) is 0 Å². The topological polar surface area (TPSA) is 67.9 Å². The van der Waals surface area contributed by atoms with E-state index in [9.17, 15) is 9.59 Å². The summed E-state index contributed by atoms with van der Waals surface area (Å²) in [7, 11) is 4.77. The van der Waals surface area contributed by atoms with Gasteiger partial charge in [-0.3, -0.25) is 9.59 Å². The number of rotatable bonds is 8. The van der Waals surface area contributed by atoms with Crippen molar-refractivity contribution >= 4 is 17.9 Å². The van der Waals surface area contributed by atoms with Gasteiger partial charge in [0.05, 0.1) is 14.2 Å². The molecule has 2 aromatic carbocycles. The number of para-hydroxylation sites is 1. The lowest BCUT2D eigenvalue weighted by Crippen LogP contribution is -2.31. The lowest BCUT2D eigenvalue weighted by atomic mass is 10.1. The number of hydrogen-bond acceptors (Lipinski definition) is 4. The molecule has 2 aromatic rings. The van der Waals surface area contributed by atoms with Crippen LogP contribution in [0.15, 0.2) is 48.5 Å². The molecule has 1 saturated carbocycles. The molecule has 3 rings (SSSR count). The van der Waals surface area contributed by atoms with Gasteiger partial charge in [0.15, 0.2) is 11.5 Å². The van der Waals surface area contributed by atoms with E-state index in [0.717, 1.165) is 24.0 Å². The summed E-state index contributed by atoms with van der Waals surface area (Å²) in [4.78, 5) is 26.4. The summed E-state index contributed by atoms with van der Waals surface area (Å²) in [6.45, 7) is 0.511. The molecule has 0 aromatic heterocycles. The zero-order valence-corrected chi connectivity index (χ0v) is 17.0. The molecule has 0 spiro atoms. The van der Waals surface area contributed by atoms with Crippen molar-refractivity contribution in [2.45, 2.75) is 25.4 Å². The van der Waals surface area contributed by atoms with E-state index >= 15 is 0 Å². The lowest BCUT2D eigenvalue weighted by Gasteiger charge is -2.21. The van der Waals surface area contributed by atoms with Crippen LogP contribution in [0, 0.1) is 0 Å². The zero-order valence-electron chi connectivity index (χ0n) is 17.0. The number of hydrogen-bond donors (Lipinski definition) is 1.